The lowest BCUT2D eigenvalue weighted by molar-refractivity contribution is 0.0439. The molecule has 1 fully saturated rings. The number of rotatable bonds is 4. The zero-order valence-corrected chi connectivity index (χ0v) is 11.4. The Hall–Kier alpha value is -1.06. The lowest BCUT2D eigenvalue weighted by Crippen LogP contribution is -2.36. The molecular formula is C16H23NO2. The van der Waals surface area contributed by atoms with Crippen molar-refractivity contribution in [2.45, 2.75) is 38.1 Å². The van der Waals surface area contributed by atoms with Crippen molar-refractivity contribution in [1.29, 1.82) is 0 Å². The molecule has 0 radical (unpaired) electrons. The highest BCUT2D eigenvalue weighted by atomic mass is 16.5. The zero-order valence-electron chi connectivity index (χ0n) is 11.4. The normalized spacial score (nSPS) is 23.7. The first-order valence-electron chi connectivity index (χ1n) is 7.41. The summed E-state index contributed by atoms with van der Waals surface area (Å²) >= 11 is 0. The minimum absolute atomic E-state index is 0.268. The van der Waals surface area contributed by atoms with Crippen LogP contribution in [-0.2, 0) is 17.6 Å². The Balaban J connectivity index is 1.53. The second kappa shape index (κ2) is 5.93. The minimum atomic E-state index is 0.268. The molecule has 1 aromatic rings. The van der Waals surface area contributed by atoms with Crippen LogP contribution in [0.1, 0.15) is 30.4 Å². The monoisotopic (exact) mass is 261 g/mol. The smallest absolute Gasteiger partial charge is 0.122 e. The van der Waals surface area contributed by atoms with Gasteiger partial charge in [-0.25, -0.2) is 0 Å². The molecule has 0 aliphatic carbocycles. The van der Waals surface area contributed by atoms with Crippen molar-refractivity contribution in [3.8, 4) is 5.75 Å². The van der Waals surface area contributed by atoms with E-state index < -0.39 is 0 Å². The Bertz CT molecular complexity index is 427. The number of benzene rings is 1. The highest BCUT2D eigenvalue weighted by Gasteiger charge is 2.21. The minimum Gasteiger partial charge on any atom is -0.493 e. The topological polar surface area (TPSA) is 44.5 Å². The van der Waals surface area contributed by atoms with Crippen molar-refractivity contribution in [3.05, 3.63) is 29.3 Å². The Morgan fingerprint density at radius 2 is 2.26 bits per heavy atom. The molecule has 2 N–H and O–H groups in total. The average molecular weight is 261 g/mol. The largest absolute Gasteiger partial charge is 0.493 e. The molecule has 2 aliphatic rings. The first kappa shape index (κ1) is 12.9. The molecule has 1 saturated heterocycles. The van der Waals surface area contributed by atoms with Gasteiger partial charge in [-0.1, -0.05) is 12.1 Å². The molecule has 0 amide bonds. The quantitative estimate of drug-likeness (QED) is 0.904. The second-order valence-corrected chi connectivity index (χ2v) is 5.72. The summed E-state index contributed by atoms with van der Waals surface area (Å²) in [6.07, 6.45) is 5.54. The van der Waals surface area contributed by atoms with Gasteiger partial charge in [-0.05, 0) is 48.8 Å². The molecule has 2 atom stereocenters. The van der Waals surface area contributed by atoms with Crippen LogP contribution in [0.3, 0.4) is 0 Å². The Morgan fingerprint density at radius 1 is 1.32 bits per heavy atom. The van der Waals surface area contributed by atoms with Gasteiger partial charge in [0.15, 0.2) is 0 Å². The van der Waals surface area contributed by atoms with Gasteiger partial charge >= 0.3 is 0 Å². The van der Waals surface area contributed by atoms with E-state index in [0.29, 0.717) is 5.92 Å². The van der Waals surface area contributed by atoms with Gasteiger partial charge < -0.3 is 15.2 Å². The van der Waals surface area contributed by atoms with E-state index in [2.05, 4.69) is 18.2 Å². The Morgan fingerprint density at radius 3 is 3.11 bits per heavy atom. The second-order valence-electron chi connectivity index (χ2n) is 5.72. The van der Waals surface area contributed by atoms with E-state index in [1.807, 2.05) is 0 Å². The molecule has 3 nitrogen and oxygen atoms in total. The van der Waals surface area contributed by atoms with Gasteiger partial charge in [-0.3, -0.25) is 0 Å². The predicted molar refractivity (Wildman–Crippen MR) is 75.5 cm³/mol. The molecule has 0 saturated carbocycles. The molecule has 0 aromatic heterocycles. The molecule has 0 bridgehead atoms. The fraction of sp³-hybridized carbons (Fsp3) is 0.625. The van der Waals surface area contributed by atoms with E-state index in [9.17, 15) is 0 Å². The van der Waals surface area contributed by atoms with Crippen LogP contribution >= 0.6 is 0 Å². The van der Waals surface area contributed by atoms with E-state index in [-0.39, 0.29) is 6.04 Å². The third-order valence-electron chi connectivity index (χ3n) is 4.32. The van der Waals surface area contributed by atoms with Gasteiger partial charge in [0.2, 0.25) is 0 Å². The van der Waals surface area contributed by atoms with Crippen LogP contribution in [0.15, 0.2) is 18.2 Å². The van der Waals surface area contributed by atoms with Crippen molar-refractivity contribution < 1.29 is 9.47 Å². The molecule has 104 valence electrons. The lowest BCUT2D eigenvalue weighted by atomic mass is 9.90. The summed E-state index contributed by atoms with van der Waals surface area (Å²) < 4.78 is 11.1. The average Bonchev–Trinajstić information content (AvgIpc) is 2.93. The van der Waals surface area contributed by atoms with E-state index in [4.69, 9.17) is 15.2 Å². The molecule has 2 aliphatic heterocycles. The third kappa shape index (κ3) is 3.10. The van der Waals surface area contributed by atoms with Gasteiger partial charge in [0.1, 0.15) is 5.75 Å². The Labute approximate surface area is 115 Å². The summed E-state index contributed by atoms with van der Waals surface area (Å²) in [6.45, 7) is 2.59. The van der Waals surface area contributed by atoms with Gasteiger partial charge in [0.25, 0.3) is 0 Å². The van der Waals surface area contributed by atoms with E-state index in [1.165, 1.54) is 17.5 Å². The van der Waals surface area contributed by atoms with Crippen LogP contribution in [0, 0.1) is 5.92 Å². The van der Waals surface area contributed by atoms with Gasteiger partial charge in [0.05, 0.1) is 13.2 Å². The number of nitrogens with two attached hydrogens (primary N) is 1. The number of hydrogen-bond donors (Lipinski definition) is 1. The van der Waals surface area contributed by atoms with Crippen molar-refractivity contribution in [2.24, 2.45) is 11.7 Å². The van der Waals surface area contributed by atoms with Crippen molar-refractivity contribution in [2.75, 3.05) is 19.8 Å². The molecule has 2 heterocycles. The van der Waals surface area contributed by atoms with Crippen LogP contribution in [0.4, 0.5) is 0 Å². The first-order chi connectivity index (χ1) is 9.33. The van der Waals surface area contributed by atoms with Crippen LogP contribution in [0.5, 0.6) is 5.75 Å². The summed E-state index contributed by atoms with van der Waals surface area (Å²) in [5.41, 5.74) is 9.04. The number of aryl methyl sites for hydroxylation is 1. The van der Waals surface area contributed by atoms with Crippen LogP contribution < -0.4 is 10.5 Å². The molecule has 3 rings (SSSR count). The molecule has 2 unspecified atom stereocenters. The van der Waals surface area contributed by atoms with Gasteiger partial charge in [-0.15, -0.1) is 0 Å². The van der Waals surface area contributed by atoms with Crippen LogP contribution in [0.25, 0.3) is 0 Å². The number of hydrogen-bond acceptors (Lipinski definition) is 3. The van der Waals surface area contributed by atoms with Crippen molar-refractivity contribution in [1.82, 2.24) is 0 Å². The fourth-order valence-electron chi connectivity index (χ4n) is 3.07. The summed E-state index contributed by atoms with van der Waals surface area (Å²) in [4.78, 5) is 0. The zero-order chi connectivity index (χ0) is 13.1. The van der Waals surface area contributed by atoms with E-state index in [0.717, 1.165) is 51.3 Å². The molecular weight excluding hydrogens is 238 g/mol. The summed E-state index contributed by atoms with van der Waals surface area (Å²) in [7, 11) is 0. The summed E-state index contributed by atoms with van der Waals surface area (Å²) in [6, 6.07) is 6.83. The maximum absolute atomic E-state index is 6.30. The van der Waals surface area contributed by atoms with Crippen LogP contribution in [0.2, 0.25) is 0 Å². The molecule has 1 aromatic carbocycles. The first-order valence-corrected chi connectivity index (χ1v) is 7.41. The van der Waals surface area contributed by atoms with Crippen molar-refractivity contribution >= 4 is 0 Å². The standard InChI is InChI=1S/C16H23NO2/c17-15(14-2-1-8-18-11-14)5-3-12-4-6-16-13(10-12)7-9-19-16/h4,6,10,14-15H,1-3,5,7-9,11,17H2. The van der Waals surface area contributed by atoms with E-state index >= 15 is 0 Å². The molecule has 0 spiro atoms. The third-order valence-corrected chi connectivity index (χ3v) is 4.32. The lowest BCUT2D eigenvalue weighted by Gasteiger charge is -2.27. The summed E-state index contributed by atoms with van der Waals surface area (Å²) in [5.74, 6) is 1.61. The SMILES string of the molecule is NC(CCc1ccc2c(c1)CCO2)C1CCCOC1. The van der Waals surface area contributed by atoms with Gasteiger partial charge in [0, 0.05) is 19.1 Å². The maximum atomic E-state index is 6.30. The van der Waals surface area contributed by atoms with E-state index in [1.54, 1.807) is 0 Å². The Kier molecular flexibility index (Phi) is 4.04. The predicted octanol–water partition coefficient (Wildman–Crippen LogP) is 2.31. The molecule has 19 heavy (non-hydrogen) atoms. The molecule has 3 heteroatoms. The van der Waals surface area contributed by atoms with Gasteiger partial charge in [-0.2, -0.15) is 0 Å². The van der Waals surface area contributed by atoms with Crippen LogP contribution in [-0.4, -0.2) is 25.9 Å². The highest BCUT2D eigenvalue weighted by Crippen LogP contribution is 2.27. The van der Waals surface area contributed by atoms with Crippen molar-refractivity contribution in [3.63, 3.8) is 0 Å². The fourth-order valence-corrected chi connectivity index (χ4v) is 3.07. The number of ether oxygens (including phenoxy) is 2. The summed E-state index contributed by atoms with van der Waals surface area (Å²) in [5, 5.41) is 0. The maximum Gasteiger partial charge on any atom is 0.122 e. The highest BCUT2D eigenvalue weighted by molar-refractivity contribution is 5.39. The number of fused-ring (bicyclic) bond motifs is 1.